The molecule has 22 heavy (non-hydrogen) atoms. The Balaban J connectivity index is 1.73. The number of rotatable bonds is 2. The lowest BCUT2D eigenvalue weighted by Crippen LogP contribution is -2.13. The van der Waals surface area contributed by atoms with Gasteiger partial charge in [0.2, 0.25) is 5.91 Å². The normalized spacial score (nSPS) is 17.8. The first kappa shape index (κ1) is 12.9. The molecule has 5 nitrogen and oxygen atoms in total. The summed E-state index contributed by atoms with van der Waals surface area (Å²) in [5.74, 6) is 0.369. The van der Waals surface area contributed by atoms with Gasteiger partial charge in [-0.1, -0.05) is 36.4 Å². The predicted molar refractivity (Wildman–Crippen MR) is 84.7 cm³/mol. The number of hydrogen-bond donors (Lipinski definition) is 3. The van der Waals surface area contributed by atoms with Crippen LogP contribution in [0.1, 0.15) is 17.9 Å². The topological polar surface area (TPSA) is 77.8 Å². The van der Waals surface area contributed by atoms with Gasteiger partial charge in [0.25, 0.3) is 0 Å². The maximum atomic E-state index is 11.5. The van der Waals surface area contributed by atoms with Gasteiger partial charge in [0, 0.05) is 24.4 Å². The van der Waals surface area contributed by atoms with Gasteiger partial charge in [-0.15, -0.1) is 0 Å². The second kappa shape index (κ2) is 4.87. The zero-order valence-corrected chi connectivity index (χ0v) is 11.8. The molecule has 1 amide bonds. The summed E-state index contributed by atoms with van der Waals surface area (Å²) >= 11 is 0. The van der Waals surface area contributed by atoms with Gasteiger partial charge < -0.3 is 15.3 Å². The molecule has 3 aromatic rings. The van der Waals surface area contributed by atoms with Crippen molar-refractivity contribution in [1.82, 2.24) is 15.3 Å². The van der Waals surface area contributed by atoms with Crippen LogP contribution in [0.4, 0.5) is 0 Å². The van der Waals surface area contributed by atoms with Crippen molar-refractivity contribution in [2.75, 3.05) is 6.54 Å². The monoisotopic (exact) mass is 293 g/mol. The number of para-hydroxylation sites is 1. The van der Waals surface area contributed by atoms with Crippen LogP contribution in [0.3, 0.4) is 0 Å². The van der Waals surface area contributed by atoms with Gasteiger partial charge in [0.05, 0.1) is 11.0 Å². The molecule has 4 rings (SSSR count). The standard InChI is InChI=1S/C17H15N3O2/c21-15-8-12(9-18-15)10-4-6-11(7-5-10)13-2-1-3-14-16(13)20-17(22)19-14/h1-7,12H,8-9H2,(H,18,21)(H2,19,20,22). The molecular weight excluding hydrogens is 278 g/mol. The second-order valence-electron chi connectivity index (χ2n) is 5.63. The van der Waals surface area contributed by atoms with Crippen molar-refractivity contribution < 1.29 is 4.79 Å². The number of nitrogens with one attached hydrogen (secondary N) is 3. The summed E-state index contributed by atoms with van der Waals surface area (Å²) < 4.78 is 0. The minimum atomic E-state index is -0.199. The number of imidazole rings is 1. The molecule has 1 fully saturated rings. The molecule has 1 aromatic heterocycles. The predicted octanol–water partition coefficient (Wildman–Crippen LogP) is 2.13. The van der Waals surface area contributed by atoms with Crippen LogP contribution in [-0.4, -0.2) is 22.4 Å². The van der Waals surface area contributed by atoms with E-state index < -0.39 is 0 Å². The van der Waals surface area contributed by atoms with Crippen molar-refractivity contribution in [2.45, 2.75) is 12.3 Å². The van der Waals surface area contributed by atoms with E-state index in [1.165, 1.54) is 0 Å². The van der Waals surface area contributed by atoms with Crippen LogP contribution >= 0.6 is 0 Å². The third kappa shape index (κ3) is 2.11. The smallest absolute Gasteiger partial charge is 0.323 e. The van der Waals surface area contributed by atoms with Crippen molar-refractivity contribution in [3.63, 3.8) is 0 Å². The van der Waals surface area contributed by atoms with E-state index in [0.29, 0.717) is 13.0 Å². The highest BCUT2D eigenvalue weighted by molar-refractivity contribution is 5.91. The van der Waals surface area contributed by atoms with Gasteiger partial charge in [0.15, 0.2) is 0 Å². The molecule has 1 aliphatic heterocycles. The summed E-state index contributed by atoms with van der Waals surface area (Å²) in [6.45, 7) is 0.707. The minimum absolute atomic E-state index is 0.115. The van der Waals surface area contributed by atoms with Crippen LogP contribution in [0.25, 0.3) is 22.2 Å². The molecule has 1 saturated heterocycles. The van der Waals surface area contributed by atoms with Crippen molar-refractivity contribution >= 4 is 16.9 Å². The molecule has 3 N–H and O–H groups in total. The molecule has 1 aliphatic rings. The van der Waals surface area contributed by atoms with Crippen molar-refractivity contribution in [1.29, 1.82) is 0 Å². The maximum absolute atomic E-state index is 11.5. The van der Waals surface area contributed by atoms with E-state index in [-0.39, 0.29) is 17.5 Å². The quantitative estimate of drug-likeness (QED) is 0.677. The van der Waals surface area contributed by atoms with Gasteiger partial charge >= 0.3 is 5.69 Å². The van der Waals surface area contributed by atoms with E-state index in [1.54, 1.807) is 0 Å². The zero-order chi connectivity index (χ0) is 15.1. The van der Waals surface area contributed by atoms with Crippen LogP contribution < -0.4 is 11.0 Å². The van der Waals surface area contributed by atoms with E-state index in [2.05, 4.69) is 27.4 Å². The van der Waals surface area contributed by atoms with Crippen LogP contribution in [-0.2, 0) is 4.79 Å². The number of aromatic amines is 2. The molecule has 2 heterocycles. The van der Waals surface area contributed by atoms with E-state index in [9.17, 15) is 9.59 Å². The van der Waals surface area contributed by atoms with Gasteiger partial charge in [-0.25, -0.2) is 4.79 Å². The van der Waals surface area contributed by atoms with E-state index >= 15 is 0 Å². The average Bonchev–Trinajstić information content (AvgIpc) is 3.12. The number of benzene rings is 2. The third-order valence-electron chi connectivity index (χ3n) is 4.22. The Morgan fingerprint density at radius 2 is 1.77 bits per heavy atom. The average molecular weight is 293 g/mol. The molecule has 0 spiro atoms. The first-order chi connectivity index (χ1) is 10.7. The van der Waals surface area contributed by atoms with Crippen LogP contribution in [0, 0.1) is 0 Å². The number of H-pyrrole nitrogens is 2. The molecule has 5 heteroatoms. The Hall–Kier alpha value is -2.82. The molecule has 110 valence electrons. The molecule has 0 saturated carbocycles. The summed E-state index contributed by atoms with van der Waals surface area (Å²) in [5, 5.41) is 2.86. The Labute approximate surface area is 126 Å². The molecule has 0 bridgehead atoms. The lowest BCUT2D eigenvalue weighted by atomic mass is 9.95. The lowest BCUT2D eigenvalue weighted by Gasteiger charge is -2.09. The number of aromatic nitrogens is 2. The van der Waals surface area contributed by atoms with Crippen molar-refractivity contribution in [3.05, 3.63) is 58.5 Å². The van der Waals surface area contributed by atoms with Crippen LogP contribution in [0.15, 0.2) is 47.3 Å². The van der Waals surface area contributed by atoms with E-state index in [1.807, 2.05) is 30.3 Å². The fourth-order valence-corrected chi connectivity index (χ4v) is 3.07. The molecule has 2 aromatic carbocycles. The molecule has 0 aliphatic carbocycles. The van der Waals surface area contributed by atoms with E-state index in [4.69, 9.17) is 0 Å². The first-order valence-electron chi connectivity index (χ1n) is 7.29. The van der Waals surface area contributed by atoms with Crippen LogP contribution in [0.2, 0.25) is 0 Å². The summed E-state index contributed by atoms with van der Waals surface area (Å²) in [6, 6.07) is 14.0. The van der Waals surface area contributed by atoms with Crippen LogP contribution in [0.5, 0.6) is 0 Å². The largest absolute Gasteiger partial charge is 0.355 e. The molecular formula is C17H15N3O2. The highest BCUT2D eigenvalue weighted by Crippen LogP contribution is 2.29. The number of fused-ring (bicyclic) bond motifs is 1. The summed E-state index contributed by atoms with van der Waals surface area (Å²) in [6.07, 6.45) is 0.556. The first-order valence-corrected chi connectivity index (χ1v) is 7.29. The Bertz CT molecular complexity index is 906. The summed E-state index contributed by atoms with van der Waals surface area (Å²) in [7, 11) is 0. The van der Waals surface area contributed by atoms with Gasteiger partial charge in [-0.05, 0) is 17.2 Å². The van der Waals surface area contributed by atoms with Gasteiger partial charge in [-0.3, -0.25) is 4.79 Å². The molecule has 1 unspecified atom stereocenters. The number of amides is 1. The fourth-order valence-electron chi connectivity index (χ4n) is 3.07. The molecule has 1 atom stereocenters. The Morgan fingerprint density at radius 1 is 0.955 bits per heavy atom. The maximum Gasteiger partial charge on any atom is 0.323 e. The SMILES string of the molecule is O=C1CC(c2ccc(-c3cccc4[nH]c(=O)[nH]c34)cc2)CN1. The van der Waals surface area contributed by atoms with Gasteiger partial charge in [-0.2, -0.15) is 0 Å². The minimum Gasteiger partial charge on any atom is -0.355 e. The van der Waals surface area contributed by atoms with E-state index in [0.717, 1.165) is 27.7 Å². The van der Waals surface area contributed by atoms with Crippen molar-refractivity contribution in [3.8, 4) is 11.1 Å². The number of hydrogen-bond acceptors (Lipinski definition) is 2. The summed E-state index contributed by atoms with van der Waals surface area (Å²) in [4.78, 5) is 28.4. The number of carbonyl (C=O) groups excluding carboxylic acids is 1. The highest BCUT2D eigenvalue weighted by atomic mass is 16.2. The summed E-state index contributed by atoms with van der Waals surface area (Å²) in [5.41, 5.74) is 4.62. The Morgan fingerprint density at radius 3 is 2.50 bits per heavy atom. The Kier molecular flexibility index (Phi) is 2.85. The lowest BCUT2D eigenvalue weighted by molar-refractivity contribution is -0.119. The van der Waals surface area contributed by atoms with Gasteiger partial charge in [0.1, 0.15) is 0 Å². The molecule has 0 radical (unpaired) electrons. The highest BCUT2D eigenvalue weighted by Gasteiger charge is 2.22. The zero-order valence-electron chi connectivity index (χ0n) is 11.8. The third-order valence-corrected chi connectivity index (χ3v) is 4.22. The second-order valence-corrected chi connectivity index (χ2v) is 5.63. The fraction of sp³-hybridized carbons (Fsp3) is 0.176. The number of carbonyl (C=O) groups is 1. The van der Waals surface area contributed by atoms with Crippen molar-refractivity contribution in [2.24, 2.45) is 0 Å².